The molecule has 2 bridgehead atoms. The van der Waals surface area contributed by atoms with E-state index in [1.165, 1.54) is 24.4 Å². The average Bonchev–Trinajstić information content (AvgIpc) is 2.85. The van der Waals surface area contributed by atoms with Crippen LogP contribution in [0.5, 0.6) is 5.88 Å². The van der Waals surface area contributed by atoms with Crippen LogP contribution in [0.25, 0.3) is 0 Å². The molecule has 1 amide bonds. The molecule has 2 aliphatic rings. The number of fused-ring (bicyclic) bond motifs is 2. The number of aromatic nitrogens is 1. The lowest BCUT2D eigenvalue weighted by atomic mass is 9.85. The third-order valence-corrected chi connectivity index (χ3v) is 5.30. The number of pyridine rings is 1. The van der Waals surface area contributed by atoms with E-state index in [1.807, 2.05) is 17.0 Å². The molecule has 1 N–H and O–H groups in total. The van der Waals surface area contributed by atoms with E-state index in [0.29, 0.717) is 11.5 Å². The maximum absolute atomic E-state index is 13.1. The van der Waals surface area contributed by atoms with Gasteiger partial charge in [-0.05, 0) is 55.4 Å². The minimum atomic E-state index is -0.214. The molecule has 0 saturated carbocycles. The summed E-state index contributed by atoms with van der Waals surface area (Å²) in [5, 5.41) is 9.28. The van der Waals surface area contributed by atoms with Gasteiger partial charge < -0.3 is 10.0 Å². The summed E-state index contributed by atoms with van der Waals surface area (Å²) in [6.07, 6.45) is 5.29. The van der Waals surface area contributed by atoms with E-state index < -0.39 is 0 Å². The van der Waals surface area contributed by atoms with Gasteiger partial charge in [-0.25, -0.2) is 9.37 Å². The van der Waals surface area contributed by atoms with Crippen molar-refractivity contribution in [3.05, 3.63) is 59.5 Å². The molecular weight excluding hydrogens is 307 g/mol. The molecule has 2 fully saturated rings. The molecule has 0 spiro atoms. The van der Waals surface area contributed by atoms with Crippen molar-refractivity contribution in [2.24, 2.45) is 0 Å². The number of carbonyl (C=O) groups excluding carboxylic acids is 1. The smallest absolute Gasteiger partial charge is 0.255 e. The van der Waals surface area contributed by atoms with Gasteiger partial charge >= 0.3 is 0 Å². The third kappa shape index (κ3) is 2.64. The van der Waals surface area contributed by atoms with Crippen LogP contribution in [0.2, 0.25) is 0 Å². The van der Waals surface area contributed by atoms with Crippen molar-refractivity contribution >= 4 is 5.91 Å². The van der Waals surface area contributed by atoms with Gasteiger partial charge in [0.2, 0.25) is 5.88 Å². The molecule has 0 radical (unpaired) electrons. The molecule has 3 heterocycles. The van der Waals surface area contributed by atoms with Gasteiger partial charge in [-0.1, -0.05) is 12.1 Å². The zero-order valence-corrected chi connectivity index (χ0v) is 13.2. The third-order valence-electron chi connectivity index (χ3n) is 5.30. The van der Waals surface area contributed by atoms with Crippen molar-refractivity contribution in [1.82, 2.24) is 9.88 Å². The average molecular weight is 326 g/mol. The Hall–Kier alpha value is -2.43. The number of amides is 1. The van der Waals surface area contributed by atoms with E-state index >= 15 is 0 Å². The molecule has 124 valence electrons. The number of nitrogens with zero attached hydrogens (tertiary/aromatic N) is 2. The molecule has 4 nitrogen and oxygen atoms in total. The van der Waals surface area contributed by atoms with Gasteiger partial charge in [-0.15, -0.1) is 0 Å². The Kier molecular flexibility index (Phi) is 3.71. The normalized spacial score (nSPS) is 25.7. The van der Waals surface area contributed by atoms with Crippen LogP contribution in [0.15, 0.2) is 42.6 Å². The van der Waals surface area contributed by atoms with E-state index in [2.05, 4.69) is 4.98 Å². The maximum Gasteiger partial charge on any atom is 0.255 e. The van der Waals surface area contributed by atoms with Crippen LogP contribution in [-0.2, 0) is 0 Å². The lowest BCUT2D eigenvalue weighted by molar-refractivity contribution is 0.0571. The quantitative estimate of drug-likeness (QED) is 0.919. The highest BCUT2D eigenvalue weighted by Gasteiger charge is 2.43. The topological polar surface area (TPSA) is 53.4 Å². The first kappa shape index (κ1) is 15.1. The van der Waals surface area contributed by atoms with Gasteiger partial charge in [0.25, 0.3) is 5.91 Å². The van der Waals surface area contributed by atoms with E-state index in [-0.39, 0.29) is 29.7 Å². The monoisotopic (exact) mass is 326 g/mol. The molecule has 2 aliphatic heterocycles. The van der Waals surface area contributed by atoms with Gasteiger partial charge in [0.1, 0.15) is 5.82 Å². The Morgan fingerprint density at radius 1 is 1.08 bits per heavy atom. The van der Waals surface area contributed by atoms with Crippen LogP contribution in [0, 0.1) is 5.82 Å². The highest BCUT2D eigenvalue weighted by molar-refractivity contribution is 5.94. The SMILES string of the molecule is O=C(c1ccc(O)nc1)N1[C@@H]2CC[C@H]1C[C@@H](c1ccc(F)cc1)C2. The Balaban J connectivity index is 1.53. The van der Waals surface area contributed by atoms with Crippen LogP contribution >= 0.6 is 0 Å². The summed E-state index contributed by atoms with van der Waals surface area (Å²) < 4.78 is 13.1. The molecule has 0 unspecified atom stereocenters. The maximum atomic E-state index is 13.1. The van der Waals surface area contributed by atoms with Crippen molar-refractivity contribution in [1.29, 1.82) is 0 Å². The van der Waals surface area contributed by atoms with Crippen molar-refractivity contribution in [2.45, 2.75) is 43.7 Å². The van der Waals surface area contributed by atoms with Crippen molar-refractivity contribution in [2.75, 3.05) is 0 Å². The molecule has 24 heavy (non-hydrogen) atoms. The molecule has 2 saturated heterocycles. The number of benzene rings is 1. The number of halogens is 1. The van der Waals surface area contributed by atoms with Crippen LogP contribution in [0.3, 0.4) is 0 Å². The standard InChI is InChI=1S/C19H19FN2O2/c20-15-4-1-12(2-5-15)14-9-16-6-7-17(10-14)22(16)19(24)13-3-8-18(23)21-11-13/h1-5,8,11,14,16-17H,6-7,9-10H2,(H,21,23)/t14-,16+,17-. The predicted octanol–water partition coefficient (Wildman–Crippen LogP) is 3.48. The number of hydrogen-bond donors (Lipinski definition) is 1. The fourth-order valence-electron chi connectivity index (χ4n) is 4.18. The van der Waals surface area contributed by atoms with Crippen LogP contribution in [0.4, 0.5) is 4.39 Å². The summed E-state index contributed by atoms with van der Waals surface area (Å²) in [6.45, 7) is 0. The molecule has 2 aromatic rings. The van der Waals surface area contributed by atoms with Crippen LogP contribution < -0.4 is 0 Å². The fraction of sp³-hybridized carbons (Fsp3) is 0.368. The van der Waals surface area contributed by atoms with Crippen molar-refractivity contribution in [3.63, 3.8) is 0 Å². The molecular formula is C19H19FN2O2. The largest absolute Gasteiger partial charge is 0.493 e. The van der Waals surface area contributed by atoms with E-state index in [9.17, 15) is 14.3 Å². The van der Waals surface area contributed by atoms with Gasteiger partial charge in [-0.3, -0.25) is 4.79 Å². The summed E-state index contributed by atoms with van der Waals surface area (Å²) in [5.41, 5.74) is 1.68. The molecule has 5 heteroatoms. The Morgan fingerprint density at radius 3 is 2.33 bits per heavy atom. The first-order chi connectivity index (χ1) is 11.6. The van der Waals surface area contributed by atoms with Gasteiger partial charge in [-0.2, -0.15) is 0 Å². The zero-order valence-electron chi connectivity index (χ0n) is 13.2. The highest BCUT2D eigenvalue weighted by Crippen LogP contribution is 2.43. The number of hydrogen-bond acceptors (Lipinski definition) is 3. The van der Waals surface area contributed by atoms with Gasteiger partial charge in [0.05, 0.1) is 5.56 Å². The molecule has 4 rings (SSSR count). The summed E-state index contributed by atoms with van der Waals surface area (Å²) in [5.74, 6) is 0.0800. The molecule has 1 aromatic heterocycles. The lowest BCUT2D eigenvalue weighted by Crippen LogP contribution is -2.46. The van der Waals surface area contributed by atoms with E-state index in [0.717, 1.165) is 31.2 Å². The minimum absolute atomic E-state index is 0.00689. The summed E-state index contributed by atoms with van der Waals surface area (Å²) in [4.78, 5) is 18.6. The Bertz CT molecular complexity index is 731. The van der Waals surface area contributed by atoms with Crippen LogP contribution in [0.1, 0.15) is 47.5 Å². The van der Waals surface area contributed by atoms with Crippen molar-refractivity contribution in [3.8, 4) is 5.88 Å². The number of rotatable bonds is 2. The Labute approximate surface area is 139 Å². The minimum Gasteiger partial charge on any atom is -0.493 e. The first-order valence-corrected chi connectivity index (χ1v) is 8.35. The number of piperidine rings is 1. The van der Waals surface area contributed by atoms with Crippen LogP contribution in [-0.4, -0.2) is 33.0 Å². The summed E-state index contributed by atoms with van der Waals surface area (Å²) in [6, 6.07) is 10.3. The zero-order chi connectivity index (χ0) is 16.7. The molecule has 1 aromatic carbocycles. The molecule has 0 aliphatic carbocycles. The van der Waals surface area contributed by atoms with E-state index in [4.69, 9.17) is 0 Å². The predicted molar refractivity (Wildman–Crippen MR) is 87.3 cm³/mol. The highest BCUT2D eigenvalue weighted by atomic mass is 19.1. The summed E-state index contributed by atoms with van der Waals surface area (Å²) >= 11 is 0. The van der Waals surface area contributed by atoms with Crippen molar-refractivity contribution < 1.29 is 14.3 Å². The van der Waals surface area contributed by atoms with E-state index in [1.54, 1.807) is 6.07 Å². The fourth-order valence-corrected chi connectivity index (χ4v) is 4.18. The lowest BCUT2D eigenvalue weighted by Gasteiger charge is -2.39. The Morgan fingerprint density at radius 2 is 1.75 bits per heavy atom. The number of aromatic hydroxyl groups is 1. The first-order valence-electron chi connectivity index (χ1n) is 8.35. The molecule has 3 atom stereocenters. The van der Waals surface area contributed by atoms with Gasteiger partial charge in [0, 0.05) is 24.3 Å². The second-order valence-corrected chi connectivity index (χ2v) is 6.72. The van der Waals surface area contributed by atoms with Gasteiger partial charge in [0.15, 0.2) is 0 Å². The second-order valence-electron chi connectivity index (χ2n) is 6.72. The second kappa shape index (κ2) is 5.89. The summed E-state index contributed by atoms with van der Waals surface area (Å²) in [7, 11) is 0. The number of carbonyl (C=O) groups is 1.